The van der Waals surface area contributed by atoms with Crippen LogP contribution in [0.5, 0.6) is 0 Å². The van der Waals surface area contributed by atoms with Crippen LogP contribution in [0.3, 0.4) is 0 Å². The number of likely N-dealkylation sites (tertiary alicyclic amines) is 1. The molecule has 0 aromatic heterocycles. The van der Waals surface area contributed by atoms with E-state index in [4.69, 9.17) is 5.73 Å². The van der Waals surface area contributed by atoms with Crippen molar-refractivity contribution in [2.24, 2.45) is 5.92 Å². The van der Waals surface area contributed by atoms with Crippen LogP contribution >= 0.6 is 0 Å². The number of benzene rings is 2. The summed E-state index contributed by atoms with van der Waals surface area (Å²) in [5, 5.41) is 0. The van der Waals surface area contributed by atoms with E-state index in [0.717, 1.165) is 57.5 Å². The van der Waals surface area contributed by atoms with Crippen LogP contribution in [0.4, 0.5) is 11.4 Å². The van der Waals surface area contributed by atoms with Crippen LogP contribution in [-0.2, 0) is 4.79 Å². The molecule has 2 aliphatic heterocycles. The van der Waals surface area contributed by atoms with Crippen molar-refractivity contribution in [1.29, 1.82) is 0 Å². The fourth-order valence-electron chi connectivity index (χ4n) is 4.49. The number of nitrogen functional groups attached to an aromatic ring is 1. The van der Waals surface area contributed by atoms with E-state index >= 15 is 0 Å². The Bertz CT molecular complexity index is 743. The number of amides is 1. The second-order valence-electron chi connectivity index (χ2n) is 7.86. The monoisotopic (exact) mass is 363 g/mol. The zero-order chi connectivity index (χ0) is 18.6. The molecule has 0 unspecified atom stereocenters. The van der Waals surface area contributed by atoms with Gasteiger partial charge in [-0.2, -0.15) is 0 Å². The number of nitrogens with two attached hydrogens (primary N) is 1. The van der Waals surface area contributed by atoms with Crippen molar-refractivity contribution in [3.8, 4) is 0 Å². The van der Waals surface area contributed by atoms with Gasteiger partial charge < -0.3 is 15.5 Å². The molecular weight excluding hydrogens is 334 g/mol. The van der Waals surface area contributed by atoms with Crippen LogP contribution in [0.25, 0.3) is 0 Å². The predicted octanol–water partition coefficient (Wildman–Crippen LogP) is 3.89. The Morgan fingerprint density at radius 3 is 2.07 bits per heavy atom. The summed E-state index contributed by atoms with van der Waals surface area (Å²) in [4.78, 5) is 17.5. The van der Waals surface area contributed by atoms with Crippen molar-refractivity contribution in [3.05, 3.63) is 60.2 Å². The highest BCUT2D eigenvalue weighted by atomic mass is 16.2. The molecule has 1 amide bonds. The smallest absolute Gasteiger partial charge is 0.225 e. The highest BCUT2D eigenvalue weighted by Crippen LogP contribution is 2.30. The molecule has 2 aromatic rings. The summed E-state index contributed by atoms with van der Waals surface area (Å²) < 4.78 is 0. The average molecular weight is 364 g/mol. The fraction of sp³-hybridized carbons (Fsp3) is 0.435. The molecule has 2 aromatic carbocycles. The van der Waals surface area contributed by atoms with Gasteiger partial charge in [-0.1, -0.05) is 30.3 Å². The number of anilines is 2. The van der Waals surface area contributed by atoms with Gasteiger partial charge in [-0.25, -0.2) is 0 Å². The molecule has 0 radical (unpaired) electrons. The van der Waals surface area contributed by atoms with Gasteiger partial charge >= 0.3 is 0 Å². The van der Waals surface area contributed by atoms with Crippen molar-refractivity contribution in [2.75, 3.05) is 36.8 Å². The number of piperidine rings is 2. The van der Waals surface area contributed by atoms with Gasteiger partial charge in [-0.3, -0.25) is 4.79 Å². The molecule has 4 nitrogen and oxygen atoms in total. The minimum Gasteiger partial charge on any atom is -0.399 e. The molecule has 2 aliphatic rings. The van der Waals surface area contributed by atoms with Gasteiger partial charge in [0.2, 0.25) is 5.91 Å². The van der Waals surface area contributed by atoms with E-state index in [-0.39, 0.29) is 5.92 Å². The van der Waals surface area contributed by atoms with E-state index in [1.165, 1.54) is 11.3 Å². The number of rotatable bonds is 3. The molecule has 142 valence electrons. The van der Waals surface area contributed by atoms with Crippen LogP contribution in [0.15, 0.2) is 54.6 Å². The number of hydrogen-bond donors (Lipinski definition) is 1. The fourth-order valence-corrected chi connectivity index (χ4v) is 4.49. The third-order valence-corrected chi connectivity index (χ3v) is 6.18. The van der Waals surface area contributed by atoms with E-state index < -0.39 is 0 Å². The first-order valence-electron chi connectivity index (χ1n) is 10.1. The molecule has 2 N–H and O–H groups in total. The lowest BCUT2D eigenvalue weighted by Crippen LogP contribution is -2.45. The summed E-state index contributed by atoms with van der Waals surface area (Å²) in [5.41, 5.74) is 9.20. The maximum atomic E-state index is 13.0. The molecule has 0 aliphatic carbocycles. The number of nitrogens with zero attached hydrogens (tertiary/aromatic N) is 2. The van der Waals surface area contributed by atoms with Gasteiger partial charge in [-0.05, 0) is 61.4 Å². The maximum absolute atomic E-state index is 13.0. The summed E-state index contributed by atoms with van der Waals surface area (Å²) in [5.74, 6) is 1.16. The first-order chi connectivity index (χ1) is 13.2. The van der Waals surface area contributed by atoms with Gasteiger partial charge in [0, 0.05) is 43.5 Å². The lowest BCUT2D eigenvalue weighted by atomic mass is 9.88. The Morgan fingerprint density at radius 2 is 1.44 bits per heavy atom. The Kier molecular flexibility index (Phi) is 5.33. The quantitative estimate of drug-likeness (QED) is 0.842. The van der Waals surface area contributed by atoms with E-state index in [9.17, 15) is 4.79 Å². The lowest BCUT2D eigenvalue weighted by Gasteiger charge is -2.38. The molecule has 27 heavy (non-hydrogen) atoms. The third-order valence-electron chi connectivity index (χ3n) is 6.18. The van der Waals surface area contributed by atoms with E-state index in [0.29, 0.717) is 11.8 Å². The van der Waals surface area contributed by atoms with Crippen LogP contribution in [0.2, 0.25) is 0 Å². The first-order valence-corrected chi connectivity index (χ1v) is 10.1. The van der Waals surface area contributed by atoms with Crippen molar-refractivity contribution >= 4 is 17.3 Å². The number of carbonyl (C=O) groups excluding carboxylic acids is 1. The van der Waals surface area contributed by atoms with E-state index in [2.05, 4.69) is 52.3 Å². The molecule has 0 atom stereocenters. The van der Waals surface area contributed by atoms with Gasteiger partial charge in [0.05, 0.1) is 0 Å². The molecule has 2 heterocycles. The summed E-state index contributed by atoms with van der Waals surface area (Å²) in [7, 11) is 0. The zero-order valence-corrected chi connectivity index (χ0v) is 15.9. The van der Waals surface area contributed by atoms with Crippen molar-refractivity contribution in [2.45, 2.75) is 31.6 Å². The Hall–Kier alpha value is -2.49. The van der Waals surface area contributed by atoms with E-state index in [1.807, 2.05) is 12.1 Å². The SMILES string of the molecule is Nc1ccc(N2CCC(C(=O)N3CCC(c4ccccc4)CC3)CC2)cc1. The Labute approximate surface area is 162 Å². The first kappa shape index (κ1) is 17.9. The van der Waals surface area contributed by atoms with Crippen LogP contribution in [0, 0.1) is 5.92 Å². The molecule has 4 rings (SSSR count). The van der Waals surface area contributed by atoms with Gasteiger partial charge in [0.1, 0.15) is 0 Å². The van der Waals surface area contributed by atoms with Crippen LogP contribution in [-0.4, -0.2) is 37.0 Å². The second-order valence-corrected chi connectivity index (χ2v) is 7.86. The molecular formula is C23H29N3O. The summed E-state index contributed by atoms with van der Waals surface area (Å²) in [6.45, 7) is 3.69. The summed E-state index contributed by atoms with van der Waals surface area (Å²) in [6.07, 6.45) is 4.06. The van der Waals surface area contributed by atoms with Crippen molar-refractivity contribution in [3.63, 3.8) is 0 Å². The van der Waals surface area contributed by atoms with Crippen LogP contribution in [0.1, 0.15) is 37.2 Å². The largest absolute Gasteiger partial charge is 0.399 e. The molecule has 2 saturated heterocycles. The number of carbonyl (C=O) groups is 1. The standard InChI is InChI=1S/C23H29N3O/c24-21-6-8-22(9-7-21)25-14-12-20(13-15-25)23(27)26-16-10-19(11-17-26)18-4-2-1-3-5-18/h1-9,19-20H,10-17,24H2. The molecule has 0 saturated carbocycles. The van der Waals surface area contributed by atoms with Gasteiger partial charge in [0.15, 0.2) is 0 Å². The maximum Gasteiger partial charge on any atom is 0.225 e. The summed E-state index contributed by atoms with van der Waals surface area (Å²) >= 11 is 0. The highest BCUT2D eigenvalue weighted by molar-refractivity contribution is 5.79. The van der Waals surface area contributed by atoms with E-state index in [1.54, 1.807) is 0 Å². The molecule has 0 spiro atoms. The van der Waals surface area contributed by atoms with Gasteiger partial charge in [-0.15, -0.1) is 0 Å². The molecule has 4 heteroatoms. The second kappa shape index (κ2) is 8.03. The minimum absolute atomic E-state index is 0.184. The lowest BCUT2D eigenvalue weighted by molar-refractivity contribution is -0.137. The van der Waals surface area contributed by atoms with Crippen molar-refractivity contribution in [1.82, 2.24) is 4.90 Å². The Balaban J connectivity index is 1.28. The number of hydrogen-bond acceptors (Lipinski definition) is 3. The summed E-state index contributed by atoms with van der Waals surface area (Å²) in [6, 6.07) is 18.8. The highest BCUT2D eigenvalue weighted by Gasteiger charge is 2.31. The predicted molar refractivity (Wildman–Crippen MR) is 111 cm³/mol. The normalized spacial score (nSPS) is 19.3. The van der Waals surface area contributed by atoms with Crippen LogP contribution < -0.4 is 10.6 Å². The molecule has 2 fully saturated rings. The minimum atomic E-state index is 0.184. The zero-order valence-electron chi connectivity index (χ0n) is 15.9. The third kappa shape index (κ3) is 4.10. The van der Waals surface area contributed by atoms with Gasteiger partial charge in [0.25, 0.3) is 0 Å². The topological polar surface area (TPSA) is 49.6 Å². The van der Waals surface area contributed by atoms with Crippen molar-refractivity contribution < 1.29 is 4.79 Å². The molecule has 0 bridgehead atoms. The Morgan fingerprint density at radius 1 is 0.815 bits per heavy atom. The average Bonchev–Trinajstić information content (AvgIpc) is 2.75.